The number of nitrogens with two attached hydrogens (primary N) is 1. The first-order valence-electron chi connectivity index (χ1n) is 5.04. The number of nitrogens with one attached hydrogen (secondary N) is 1. The zero-order valence-electron chi connectivity index (χ0n) is 8.59. The SMILES string of the molecule is NCC1(C(=O)Nc2ccc(Cl)cc2Br)CC1. The van der Waals surface area contributed by atoms with Crippen molar-refractivity contribution in [2.45, 2.75) is 12.8 Å². The highest BCUT2D eigenvalue weighted by atomic mass is 79.9. The predicted molar refractivity (Wildman–Crippen MR) is 68.5 cm³/mol. The molecule has 3 N–H and O–H groups in total. The lowest BCUT2D eigenvalue weighted by Gasteiger charge is -2.13. The van der Waals surface area contributed by atoms with Gasteiger partial charge in [-0.15, -0.1) is 0 Å². The second-order valence-corrected chi connectivity index (χ2v) is 5.35. The van der Waals surface area contributed by atoms with Crippen molar-refractivity contribution in [1.29, 1.82) is 0 Å². The highest BCUT2D eigenvalue weighted by molar-refractivity contribution is 9.10. The smallest absolute Gasteiger partial charge is 0.231 e. The molecule has 86 valence electrons. The Hall–Kier alpha value is -0.580. The zero-order valence-corrected chi connectivity index (χ0v) is 10.9. The van der Waals surface area contributed by atoms with Crippen LogP contribution in [0.25, 0.3) is 0 Å². The zero-order chi connectivity index (χ0) is 11.8. The van der Waals surface area contributed by atoms with Gasteiger partial charge in [-0.1, -0.05) is 11.6 Å². The molecule has 1 aliphatic carbocycles. The highest BCUT2D eigenvalue weighted by Gasteiger charge is 2.48. The molecule has 0 spiro atoms. The first-order valence-corrected chi connectivity index (χ1v) is 6.21. The quantitative estimate of drug-likeness (QED) is 0.902. The second kappa shape index (κ2) is 4.35. The molecule has 0 aliphatic heterocycles. The van der Waals surface area contributed by atoms with Crippen molar-refractivity contribution >= 4 is 39.1 Å². The normalized spacial score (nSPS) is 16.9. The molecule has 1 aromatic carbocycles. The first-order chi connectivity index (χ1) is 7.57. The van der Waals surface area contributed by atoms with Crippen LogP contribution < -0.4 is 11.1 Å². The third-order valence-corrected chi connectivity index (χ3v) is 3.80. The molecule has 0 radical (unpaired) electrons. The Morgan fingerprint density at radius 2 is 2.25 bits per heavy atom. The number of amides is 1. The number of hydrogen-bond acceptors (Lipinski definition) is 2. The van der Waals surface area contributed by atoms with Crippen LogP contribution >= 0.6 is 27.5 Å². The molecule has 0 atom stereocenters. The van der Waals surface area contributed by atoms with Gasteiger partial charge < -0.3 is 11.1 Å². The van der Waals surface area contributed by atoms with E-state index in [9.17, 15) is 4.79 Å². The van der Waals surface area contributed by atoms with E-state index in [1.165, 1.54) is 0 Å². The molecule has 0 unspecified atom stereocenters. The maximum Gasteiger partial charge on any atom is 0.231 e. The van der Waals surface area contributed by atoms with Gasteiger partial charge in [0.15, 0.2) is 0 Å². The maximum absolute atomic E-state index is 11.9. The van der Waals surface area contributed by atoms with E-state index in [-0.39, 0.29) is 11.3 Å². The molecule has 0 bridgehead atoms. The van der Waals surface area contributed by atoms with Crippen LogP contribution in [0, 0.1) is 5.41 Å². The van der Waals surface area contributed by atoms with Crippen LogP contribution in [0.5, 0.6) is 0 Å². The lowest BCUT2D eigenvalue weighted by atomic mass is 10.1. The van der Waals surface area contributed by atoms with Crippen molar-refractivity contribution in [3.63, 3.8) is 0 Å². The predicted octanol–water partition coefficient (Wildman–Crippen LogP) is 2.78. The molecular weight excluding hydrogens is 291 g/mol. The number of rotatable bonds is 3. The molecule has 3 nitrogen and oxygen atoms in total. The molecule has 2 rings (SSSR count). The Balaban J connectivity index is 2.12. The summed E-state index contributed by atoms with van der Waals surface area (Å²) < 4.78 is 0.779. The molecule has 1 aromatic rings. The van der Waals surface area contributed by atoms with E-state index in [0.717, 1.165) is 23.0 Å². The summed E-state index contributed by atoms with van der Waals surface area (Å²) in [4.78, 5) is 11.9. The van der Waals surface area contributed by atoms with Gasteiger partial charge in [0.05, 0.1) is 11.1 Å². The Bertz CT molecular complexity index is 432. The summed E-state index contributed by atoms with van der Waals surface area (Å²) >= 11 is 9.17. The monoisotopic (exact) mass is 302 g/mol. The van der Waals surface area contributed by atoms with E-state index in [0.29, 0.717) is 11.6 Å². The maximum atomic E-state index is 11.9. The Kier molecular flexibility index (Phi) is 3.24. The standard InChI is InChI=1S/C11H12BrClN2O/c12-8-5-7(13)1-2-9(8)15-10(16)11(6-14)3-4-11/h1-2,5H,3-4,6,14H2,(H,15,16). The second-order valence-electron chi connectivity index (χ2n) is 4.06. The molecule has 0 aromatic heterocycles. The van der Waals surface area contributed by atoms with Crippen molar-refractivity contribution in [2.75, 3.05) is 11.9 Å². The van der Waals surface area contributed by atoms with Crippen LogP contribution in [-0.4, -0.2) is 12.5 Å². The summed E-state index contributed by atoms with van der Waals surface area (Å²) in [6.45, 7) is 0.407. The Morgan fingerprint density at radius 1 is 1.56 bits per heavy atom. The average molecular weight is 304 g/mol. The lowest BCUT2D eigenvalue weighted by Crippen LogP contribution is -2.30. The third-order valence-electron chi connectivity index (χ3n) is 2.91. The molecular formula is C11H12BrClN2O. The van der Waals surface area contributed by atoms with Gasteiger partial charge in [-0.2, -0.15) is 0 Å². The fourth-order valence-electron chi connectivity index (χ4n) is 1.52. The average Bonchev–Trinajstić information content (AvgIpc) is 3.03. The van der Waals surface area contributed by atoms with Crippen LogP contribution in [0.2, 0.25) is 5.02 Å². The van der Waals surface area contributed by atoms with E-state index in [4.69, 9.17) is 17.3 Å². The van der Waals surface area contributed by atoms with Crippen molar-refractivity contribution in [3.05, 3.63) is 27.7 Å². The van der Waals surface area contributed by atoms with E-state index >= 15 is 0 Å². The fraction of sp³-hybridized carbons (Fsp3) is 0.364. The fourth-order valence-corrected chi connectivity index (χ4v) is 2.30. The minimum Gasteiger partial charge on any atom is -0.329 e. The van der Waals surface area contributed by atoms with Gasteiger partial charge in [0.2, 0.25) is 5.91 Å². The molecule has 16 heavy (non-hydrogen) atoms. The van der Waals surface area contributed by atoms with Gasteiger partial charge in [0.1, 0.15) is 0 Å². The van der Waals surface area contributed by atoms with Crippen molar-refractivity contribution in [3.8, 4) is 0 Å². The number of carbonyl (C=O) groups excluding carboxylic acids is 1. The van der Waals surface area contributed by atoms with Crippen molar-refractivity contribution < 1.29 is 4.79 Å². The van der Waals surface area contributed by atoms with Gasteiger partial charge in [-0.25, -0.2) is 0 Å². The Morgan fingerprint density at radius 3 is 2.75 bits per heavy atom. The molecule has 5 heteroatoms. The van der Waals surface area contributed by atoms with Gasteiger partial charge in [-0.05, 0) is 47.0 Å². The van der Waals surface area contributed by atoms with Crippen molar-refractivity contribution in [2.24, 2.45) is 11.1 Å². The van der Waals surface area contributed by atoms with Crippen LogP contribution in [0.1, 0.15) is 12.8 Å². The molecule has 0 saturated heterocycles. The number of carbonyl (C=O) groups is 1. The summed E-state index contributed by atoms with van der Waals surface area (Å²) in [7, 11) is 0. The van der Waals surface area contributed by atoms with Gasteiger partial charge in [-0.3, -0.25) is 4.79 Å². The number of hydrogen-bond donors (Lipinski definition) is 2. The van der Waals surface area contributed by atoms with Gasteiger partial charge in [0.25, 0.3) is 0 Å². The summed E-state index contributed by atoms with van der Waals surface area (Å²) in [5.41, 5.74) is 5.99. The summed E-state index contributed by atoms with van der Waals surface area (Å²) in [6, 6.07) is 5.26. The molecule has 1 fully saturated rings. The number of anilines is 1. The van der Waals surface area contributed by atoms with Crippen molar-refractivity contribution in [1.82, 2.24) is 0 Å². The van der Waals surface area contributed by atoms with E-state index < -0.39 is 0 Å². The summed E-state index contributed by atoms with van der Waals surface area (Å²) in [6.07, 6.45) is 1.75. The van der Waals surface area contributed by atoms with Gasteiger partial charge >= 0.3 is 0 Å². The van der Waals surface area contributed by atoms with E-state index in [1.54, 1.807) is 18.2 Å². The van der Waals surface area contributed by atoms with E-state index in [2.05, 4.69) is 21.2 Å². The molecule has 0 heterocycles. The molecule has 1 amide bonds. The lowest BCUT2D eigenvalue weighted by molar-refractivity contribution is -0.120. The van der Waals surface area contributed by atoms with Crippen LogP contribution in [0.4, 0.5) is 5.69 Å². The minimum atomic E-state index is -0.334. The van der Waals surface area contributed by atoms with Gasteiger partial charge in [0, 0.05) is 16.0 Å². The first kappa shape index (κ1) is 11.9. The minimum absolute atomic E-state index is 0.00183. The molecule has 1 aliphatic rings. The number of benzene rings is 1. The Labute approximate surface area is 107 Å². The highest BCUT2D eigenvalue weighted by Crippen LogP contribution is 2.45. The largest absolute Gasteiger partial charge is 0.329 e. The molecule has 1 saturated carbocycles. The summed E-state index contributed by atoms with van der Waals surface area (Å²) in [5, 5.41) is 3.50. The van der Waals surface area contributed by atoms with Crippen LogP contribution in [-0.2, 0) is 4.79 Å². The topological polar surface area (TPSA) is 55.1 Å². The van der Waals surface area contributed by atoms with Crippen LogP contribution in [0.3, 0.4) is 0 Å². The number of halogens is 2. The summed E-state index contributed by atoms with van der Waals surface area (Å²) in [5.74, 6) is -0.00183. The van der Waals surface area contributed by atoms with Crippen LogP contribution in [0.15, 0.2) is 22.7 Å². The van der Waals surface area contributed by atoms with E-state index in [1.807, 2.05) is 0 Å². The third kappa shape index (κ3) is 2.24.